The Hall–Kier alpha value is -5.86. The van der Waals surface area contributed by atoms with Crippen LogP contribution in [0.2, 0.25) is 0 Å². The van der Waals surface area contributed by atoms with E-state index in [-0.39, 0.29) is 0 Å². The predicted molar refractivity (Wildman–Crippen MR) is 215 cm³/mol. The molecule has 242 valence electrons. The molecule has 2 aliphatic rings. The zero-order valence-electron chi connectivity index (χ0n) is 28.5. The highest BCUT2D eigenvalue weighted by atomic mass is 14.8. The minimum atomic E-state index is 0.794. The van der Waals surface area contributed by atoms with E-state index < -0.39 is 0 Å². The Balaban J connectivity index is 1.27. The van der Waals surface area contributed by atoms with Crippen LogP contribution < -0.4 is 10.6 Å². The van der Waals surface area contributed by atoms with Crippen molar-refractivity contribution in [1.29, 1.82) is 0 Å². The lowest BCUT2D eigenvalue weighted by molar-refractivity contribution is 0.796. The Labute approximate surface area is 294 Å². The van der Waals surface area contributed by atoms with E-state index in [1.54, 1.807) is 0 Å². The maximum atomic E-state index is 3.50. The second kappa shape index (κ2) is 12.9. The number of dihydropyridines is 2. The zero-order chi connectivity index (χ0) is 33.4. The first-order chi connectivity index (χ1) is 24.8. The molecule has 0 unspecified atom stereocenters. The number of unbranched alkanes of at least 4 members (excludes halogenated alkanes) is 1. The van der Waals surface area contributed by atoms with Crippen molar-refractivity contribution < 1.29 is 0 Å². The third kappa shape index (κ3) is 5.20. The van der Waals surface area contributed by atoms with Gasteiger partial charge in [-0.1, -0.05) is 135 Å². The van der Waals surface area contributed by atoms with Crippen LogP contribution in [0.1, 0.15) is 30.9 Å². The molecule has 0 saturated carbocycles. The first-order valence-corrected chi connectivity index (χ1v) is 18.0. The van der Waals surface area contributed by atoms with E-state index in [4.69, 9.17) is 0 Å². The number of benzene rings is 7. The number of hydrogen-bond donors (Lipinski definition) is 2. The van der Waals surface area contributed by atoms with Gasteiger partial charge in [0, 0.05) is 13.1 Å². The average Bonchev–Trinajstić information content (AvgIpc) is 3.19. The lowest BCUT2D eigenvalue weighted by Gasteiger charge is -2.24. The van der Waals surface area contributed by atoms with Crippen LogP contribution in [0.3, 0.4) is 0 Å². The number of nitrogens with one attached hydrogen (secondary N) is 2. The molecule has 7 aromatic carbocycles. The van der Waals surface area contributed by atoms with Gasteiger partial charge < -0.3 is 10.6 Å². The highest BCUT2D eigenvalue weighted by Gasteiger charge is 2.21. The van der Waals surface area contributed by atoms with E-state index >= 15 is 0 Å². The van der Waals surface area contributed by atoms with Gasteiger partial charge in [0.15, 0.2) is 0 Å². The smallest absolute Gasteiger partial charge is 0.0407 e. The third-order valence-electron chi connectivity index (χ3n) is 10.6. The van der Waals surface area contributed by atoms with E-state index in [2.05, 4.69) is 163 Å². The summed E-state index contributed by atoms with van der Waals surface area (Å²) < 4.78 is 0. The molecule has 0 bridgehead atoms. The van der Waals surface area contributed by atoms with Gasteiger partial charge in [0.05, 0.1) is 0 Å². The summed E-state index contributed by atoms with van der Waals surface area (Å²) >= 11 is 0. The van der Waals surface area contributed by atoms with Gasteiger partial charge in [-0.05, 0) is 137 Å². The lowest BCUT2D eigenvalue weighted by Crippen LogP contribution is -2.20. The SMILES string of the molecule is CCCCc1ccc2cc(-c3c4ccccc4c(-c4ccc(C5=C(C6=CC=CNC6)C=CNC5)c5ccccc45)c4ccccc34)ccc2c1. The summed E-state index contributed by atoms with van der Waals surface area (Å²) in [4.78, 5) is 0. The molecule has 7 aromatic rings. The second-order valence-corrected chi connectivity index (χ2v) is 13.6. The van der Waals surface area contributed by atoms with Crippen LogP contribution in [-0.2, 0) is 6.42 Å². The van der Waals surface area contributed by atoms with Gasteiger partial charge in [0.1, 0.15) is 0 Å². The summed E-state index contributed by atoms with van der Waals surface area (Å²) in [7, 11) is 0. The third-order valence-corrected chi connectivity index (χ3v) is 10.6. The van der Waals surface area contributed by atoms with Crippen molar-refractivity contribution in [3.63, 3.8) is 0 Å². The highest BCUT2D eigenvalue weighted by Crippen LogP contribution is 2.46. The van der Waals surface area contributed by atoms with Gasteiger partial charge in [-0.25, -0.2) is 0 Å². The zero-order valence-corrected chi connectivity index (χ0v) is 28.5. The minimum absolute atomic E-state index is 0.794. The van der Waals surface area contributed by atoms with Crippen molar-refractivity contribution >= 4 is 48.7 Å². The Morgan fingerprint density at radius 2 is 1.18 bits per heavy atom. The number of aryl methyl sites for hydroxylation is 1. The molecule has 2 heterocycles. The fraction of sp³-hybridized carbons (Fsp3) is 0.125. The van der Waals surface area contributed by atoms with Crippen LogP contribution >= 0.6 is 0 Å². The van der Waals surface area contributed by atoms with Crippen molar-refractivity contribution in [1.82, 2.24) is 10.6 Å². The fourth-order valence-electron chi connectivity index (χ4n) is 8.18. The summed E-state index contributed by atoms with van der Waals surface area (Å²) in [6.07, 6.45) is 14.2. The topological polar surface area (TPSA) is 24.1 Å². The Kier molecular flexibility index (Phi) is 7.78. The van der Waals surface area contributed by atoms with Crippen molar-refractivity contribution in [3.8, 4) is 22.3 Å². The first-order valence-electron chi connectivity index (χ1n) is 18.0. The van der Waals surface area contributed by atoms with Gasteiger partial charge in [-0.3, -0.25) is 0 Å². The molecular weight excluding hydrogens is 605 g/mol. The quantitative estimate of drug-likeness (QED) is 0.169. The summed E-state index contributed by atoms with van der Waals surface area (Å²) in [5.41, 5.74) is 11.8. The van der Waals surface area contributed by atoms with Crippen LogP contribution in [0.25, 0.3) is 70.9 Å². The summed E-state index contributed by atoms with van der Waals surface area (Å²) in [5.74, 6) is 0. The fourth-order valence-corrected chi connectivity index (χ4v) is 8.18. The van der Waals surface area contributed by atoms with Crippen molar-refractivity contribution in [2.24, 2.45) is 0 Å². The molecule has 0 saturated heterocycles. The second-order valence-electron chi connectivity index (χ2n) is 13.6. The molecule has 2 aliphatic heterocycles. The first kappa shape index (κ1) is 30.2. The van der Waals surface area contributed by atoms with E-state index in [1.807, 2.05) is 6.20 Å². The van der Waals surface area contributed by atoms with Crippen LogP contribution in [0.15, 0.2) is 163 Å². The minimum Gasteiger partial charge on any atom is -0.387 e. The van der Waals surface area contributed by atoms with Gasteiger partial charge in [0.2, 0.25) is 0 Å². The maximum absolute atomic E-state index is 3.50. The summed E-state index contributed by atoms with van der Waals surface area (Å²) in [5, 5.41) is 17.2. The Morgan fingerprint density at radius 3 is 1.88 bits per heavy atom. The molecule has 0 fully saturated rings. The normalized spacial score (nSPS) is 14.4. The molecule has 0 amide bonds. The van der Waals surface area contributed by atoms with Crippen LogP contribution in [0.5, 0.6) is 0 Å². The van der Waals surface area contributed by atoms with E-state index in [1.165, 1.54) is 106 Å². The molecule has 0 aromatic heterocycles. The van der Waals surface area contributed by atoms with Gasteiger partial charge in [0.25, 0.3) is 0 Å². The number of hydrogen-bond acceptors (Lipinski definition) is 2. The average molecular weight is 645 g/mol. The van der Waals surface area contributed by atoms with Gasteiger partial charge in [-0.2, -0.15) is 0 Å². The number of fused-ring (bicyclic) bond motifs is 4. The predicted octanol–water partition coefficient (Wildman–Crippen LogP) is 11.9. The molecule has 0 radical (unpaired) electrons. The molecule has 0 atom stereocenters. The van der Waals surface area contributed by atoms with Crippen LogP contribution in [0.4, 0.5) is 0 Å². The Bertz CT molecular complexity index is 2520. The number of allylic oxidation sites excluding steroid dienone is 3. The molecule has 9 rings (SSSR count). The maximum Gasteiger partial charge on any atom is 0.0407 e. The van der Waals surface area contributed by atoms with Crippen molar-refractivity contribution in [2.45, 2.75) is 26.2 Å². The molecule has 0 aliphatic carbocycles. The Morgan fingerprint density at radius 1 is 0.560 bits per heavy atom. The molecule has 2 heteroatoms. The summed E-state index contributed by atoms with van der Waals surface area (Å²) in [6, 6.07) is 45.7. The van der Waals surface area contributed by atoms with E-state index in [0.717, 1.165) is 19.5 Å². The number of rotatable bonds is 7. The monoisotopic (exact) mass is 644 g/mol. The van der Waals surface area contributed by atoms with Crippen LogP contribution in [-0.4, -0.2) is 13.1 Å². The van der Waals surface area contributed by atoms with Gasteiger partial charge in [-0.15, -0.1) is 0 Å². The van der Waals surface area contributed by atoms with E-state index in [0.29, 0.717) is 0 Å². The van der Waals surface area contributed by atoms with Crippen molar-refractivity contribution in [2.75, 3.05) is 13.1 Å². The summed E-state index contributed by atoms with van der Waals surface area (Å²) in [6.45, 7) is 3.89. The molecular formula is C48H40N2. The van der Waals surface area contributed by atoms with Crippen LogP contribution in [0, 0.1) is 0 Å². The van der Waals surface area contributed by atoms with E-state index in [9.17, 15) is 0 Å². The largest absolute Gasteiger partial charge is 0.387 e. The standard InChI is InChI=1S/C48H40N2/c1-2-3-11-32-19-20-34-29-35(22-21-33(34)28-32)47-41-15-6-8-17-43(41)48(44-18-9-7-16-42(44)47)45-24-23-40(38-13-4-5-14-39(38)45)46-31-50-27-25-37(46)36-12-10-26-49-30-36/h4-10,12-29,49-50H,2-3,11,30-31H2,1H3. The molecule has 2 N–H and O–H groups in total. The van der Waals surface area contributed by atoms with Crippen molar-refractivity contribution in [3.05, 3.63) is 174 Å². The molecule has 50 heavy (non-hydrogen) atoms. The molecule has 2 nitrogen and oxygen atoms in total. The highest BCUT2D eigenvalue weighted by molar-refractivity contribution is 6.24. The molecule has 0 spiro atoms. The van der Waals surface area contributed by atoms with Gasteiger partial charge >= 0.3 is 0 Å². The lowest BCUT2D eigenvalue weighted by atomic mass is 9.82.